The van der Waals surface area contributed by atoms with Crippen molar-refractivity contribution in [1.29, 1.82) is 0 Å². The molecule has 0 aliphatic carbocycles. The van der Waals surface area contributed by atoms with Crippen LogP contribution in [0.1, 0.15) is 5.69 Å². The molecule has 3 heterocycles. The minimum Gasteiger partial charge on any atom is -0.340 e. The summed E-state index contributed by atoms with van der Waals surface area (Å²) >= 11 is 6.94. The smallest absolute Gasteiger partial charge is 0.340 e. The van der Waals surface area contributed by atoms with Gasteiger partial charge in [-0.2, -0.15) is 13.2 Å². The average Bonchev–Trinajstić information content (AvgIpc) is 3.14. The number of nitrogens with zero attached hydrogens (tertiary/aromatic N) is 5. The summed E-state index contributed by atoms with van der Waals surface area (Å²) in [6.45, 7) is 2.31. The largest absolute Gasteiger partial charge is 0.393 e. The van der Waals surface area contributed by atoms with Crippen LogP contribution in [0.15, 0.2) is 0 Å². The highest BCUT2D eigenvalue weighted by Crippen LogP contribution is 2.39. The molecular weight excluding hydrogens is 379 g/mol. The molecule has 1 aromatic heterocycles. The SMILES string of the molecule is CN1CCN(C(=O)[C@@H]2CN(Cc3nnsc3Cl)C[C@H]2C(F)(F)F)CC1. The van der Waals surface area contributed by atoms with Gasteiger partial charge in [0.15, 0.2) is 0 Å². The fraction of sp³-hybridized carbons (Fsp3) is 0.786. The van der Waals surface area contributed by atoms with Crippen molar-refractivity contribution in [3.8, 4) is 0 Å². The van der Waals surface area contributed by atoms with Gasteiger partial charge in [-0.15, -0.1) is 5.10 Å². The Hall–Kier alpha value is -0.970. The number of likely N-dealkylation sites (tertiary alicyclic amines) is 1. The molecule has 0 unspecified atom stereocenters. The molecule has 1 aromatic rings. The van der Waals surface area contributed by atoms with E-state index in [0.717, 1.165) is 11.5 Å². The Labute approximate surface area is 152 Å². The molecule has 6 nitrogen and oxygen atoms in total. The van der Waals surface area contributed by atoms with Crippen LogP contribution in [-0.2, 0) is 11.3 Å². The molecule has 25 heavy (non-hydrogen) atoms. The number of halogens is 4. The van der Waals surface area contributed by atoms with Crippen molar-refractivity contribution in [3.63, 3.8) is 0 Å². The third-order valence-corrected chi connectivity index (χ3v) is 5.82. The number of carbonyl (C=O) groups is 1. The molecule has 0 radical (unpaired) electrons. The van der Waals surface area contributed by atoms with Crippen molar-refractivity contribution in [2.45, 2.75) is 12.7 Å². The van der Waals surface area contributed by atoms with Gasteiger partial charge in [0.25, 0.3) is 0 Å². The predicted octanol–water partition coefficient (Wildman–Crippen LogP) is 1.58. The molecule has 2 fully saturated rings. The summed E-state index contributed by atoms with van der Waals surface area (Å²) in [5.74, 6) is -3.14. The first-order valence-electron chi connectivity index (χ1n) is 7.99. The second-order valence-corrected chi connectivity index (χ2v) is 7.93. The molecule has 0 aromatic carbocycles. The van der Waals surface area contributed by atoms with Gasteiger partial charge in [0, 0.05) is 57.3 Å². The number of hydrogen-bond acceptors (Lipinski definition) is 6. The molecule has 0 bridgehead atoms. The molecule has 2 aliphatic rings. The van der Waals surface area contributed by atoms with Crippen molar-refractivity contribution in [1.82, 2.24) is 24.3 Å². The summed E-state index contributed by atoms with van der Waals surface area (Å²) < 4.78 is 44.5. The lowest BCUT2D eigenvalue weighted by molar-refractivity contribution is -0.186. The number of hydrogen-bond donors (Lipinski definition) is 0. The summed E-state index contributed by atoms with van der Waals surface area (Å²) in [7, 11) is 1.93. The van der Waals surface area contributed by atoms with E-state index in [2.05, 4.69) is 14.5 Å². The van der Waals surface area contributed by atoms with Crippen LogP contribution in [-0.4, -0.2) is 82.7 Å². The Bertz CT molecular complexity index is 620. The molecule has 0 saturated carbocycles. The van der Waals surface area contributed by atoms with Crippen molar-refractivity contribution in [2.75, 3.05) is 46.3 Å². The van der Waals surface area contributed by atoms with Crippen LogP contribution in [0.5, 0.6) is 0 Å². The zero-order valence-electron chi connectivity index (χ0n) is 13.7. The summed E-state index contributed by atoms with van der Waals surface area (Å²) in [6, 6.07) is 0. The first-order valence-corrected chi connectivity index (χ1v) is 9.14. The van der Waals surface area contributed by atoms with Crippen molar-refractivity contribution >= 4 is 29.0 Å². The van der Waals surface area contributed by atoms with Gasteiger partial charge in [-0.25, -0.2) is 0 Å². The maximum absolute atomic E-state index is 13.5. The van der Waals surface area contributed by atoms with E-state index in [-0.39, 0.29) is 19.6 Å². The Morgan fingerprint density at radius 3 is 2.52 bits per heavy atom. The van der Waals surface area contributed by atoms with E-state index in [0.29, 0.717) is 36.2 Å². The second-order valence-electron chi connectivity index (χ2n) is 6.57. The highest BCUT2D eigenvalue weighted by Gasteiger charge is 2.53. The molecule has 11 heteroatoms. The van der Waals surface area contributed by atoms with E-state index in [4.69, 9.17) is 11.6 Å². The number of carbonyl (C=O) groups excluding carboxylic acids is 1. The van der Waals surface area contributed by atoms with Crippen LogP contribution in [0.3, 0.4) is 0 Å². The fourth-order valence-electron chi connectivity index (χ4n) is 3.36. The van der Waals surface area contributed by atoms with Crippen LogP contribution < -0.4 is 0 Å². The van der Waals surface area contributed by atoms with Crippen LogP contribution in [0, 0.1) is 11.8 Å². The second kappa shape index (κ2) is 7.34. The molecule has 3 rings (SSSR count). The molecule has 140 valence electrons. The zero-order valence-corrected chi connectivity index (χ0v) is 15.2. The van der Waals surface area contributed by atoms with E-state index < -0.39 is 23.9 Å². The Morgan fingerprint density at radius 2 is 1.96 bits per heavy atom. The maximum atomic E-state index is 13.5. The molecule has 2 saturated heterocycles. The van der Waals surface area contributed by atoms with Gasteiger partial charge in [0.2, 0.25) is 5.91 Å². The Kier molecular flexibility index (Phi) is 5.52. The van der Waals surface area contributed by atoms with Crippen LogP contribution in [0.4, 0.5) is 13.2 Å². The number of alkyl halides is 3. The summed E-state index contributed by atoms with van der Waals surface area (Å²) in [6.07, 6.45) is -4.41. The first-order chi connectivity index (χ1) is 11.8. The molecular formula is C14H19ClF3N5OS. The summed E-state index contributed by atoms with van der Waals surface area (Å²) in [4.78, 5) is 17.9. The Balaban J connectivity index is 1.71. The summed E-state index contributed by atoms with van der Waals surface area (Å²) in [5.41, 5.74) is 0.459. The van der Waals surface area contributed by atoms with E-state index in [1.54, 1.807) is 9.80 Å². The fourth-order valence-corrected chi connectivity index (χ4v) is 3.97. The topological polar surface area (TPSA) is 52.6 Å². The first kappa shape index (κ1) is 18.8. The van der Waals surface area contributed by atoms with Gasteiger partial charge in [-0.3, -0.25) is 9.69 Å². The van der Waals surface area contributed by atoms with E-state index in [1.807, 2.05) is 7.05 Å². The predicted molar refractivity (Wildman–Crippen MR) is 87.3 cm³/mol. The number of rotatable bonds is 3. The quantitative estimate of drug-likeness (QED) is 0.775. The monoisotopic (exact) mass is 397 g/mol. The standard InChI is InChI=1S/C14H19ClF3N5OS/c1-21-2-4-23(5-3-21)13(24)9-6-22(7-10(9)14(16,17)18)8-11-12(15)25-20-19-11/h9-10H,2-8H2,1H3/t9-,10-/m1/s1. The number of amides is 1. The van der Waals surface area contributed by atoms with Crippen LogP contribution in [0.2, 0.25) is 4.34 Å². The minimum absolute atomic E-state index is 0.0587. The van der Waals surface area contributed by atoms with E-state index >= 15 is 0 Å². The lowest BCUT2D eigenvalue weighted by Gasteiger charge is -2.35. The van der Waals surface area contributed by atoms with Gasteiger partial charge in [0.05, 0.1) is 11.8 Å². The van der Waals surface area contributed by atoms with Gasteiger partial charge >= 0.3 is 6.18 Å². The van der Waals surface area contributed by atoms with Gasteiger partial charge in [0.1, 0.15) is 10.0 Å². The highest BCUT2D eigenvalue weighted by molar-refractivity contribution is 7.10. The number of aromatic nitrogens is 2. The third-order valence-electron chi connectivity index (χ3n) is 4.83. The van der Waals surface area contributed by atoms with Gasteiger partial charge in [-0.1, -0.05) is 16.1 Å². The van der Waals surface area contributed by atoms with Crippen molar-refractivity contribution < 1.29 is 18.0 Å². The number of piperazine rings is 1. The molecule has 2 atom stereocenters. The van der Waals surface area contributed by atoms with Gasteiger partial charge in [-0.05, 0) is 7.05 Å². The van der Waals surface area contributed by atoms with Crippen LogP contribution in [0.25, 0.3) is 0 Å². The molecule has 2 aliphatic heterocycles. The van der Waals surface area contributed by atoms with Crippen molar-refractivity contribution in [2.24, 2.45) is 11.8 Å². The Morgan fingerprint density at radius 1 is 1.28 bits per heavy atom. The maximum Gasteiger partial charge on any atom is 0.393 e. The normalized spacial score (nSPS) is 26.4. The van der Waals surface area contributed by atoms with Gasteiger partial charge < -0.3 is 9.80 Å². The molecule has 0 spiro atoms. The van der Waals surface area contributed by atoms with Crippen molar-refractivity contribution in [3.05, 3.63) is 10.0 Å². The lowest BCUT2D eigenvalue weighted by atomic mass is 9.94. The zero-order chi connectivity index (χ0) is 18.2. The van der Waals surface area contributed by atoms with E-state index in [1.165, 1.54) is 0 Å². The highest BCUT2D eigenvalue weighted by atomic mass is 35.5. The average molecular weight is 398 g/mol. The van der Waals surface area contributed by atoms with Crippen LogP contribution >= 0.6 is 23.1 Å². The minimum atomic E-state index is -4.41. The number of likely N-dealkylation sites (N-methyl/N-ethyl adjacent to an activating group) is 1. The molecule has 0 N–H and O–H groups in total. The summed E-state index contributed by atoms with van der Waals surface area (Å²) in [5, 5.41) is 3.85. The van der Waals surface area contributed by atoms with E-state index in [9.17, 15) is 18.0 Å². The lowest BCUT2D eigenvalue weighted by Crippen LogP contribution is -2.51. The third kappa shape index (κ3) is 4.24. The molecule has 1 amide bonds.